The summed E-state index contributed by atoms with van der Waals surface area (Å²) in [5.41, 5.74) is 3.22. The van der Waals surface area contributed by atoms with Crippen molar-refractivity contribution in [2.75, 3.05) is 13.1 Å². The number of rotatable bonds is 3. The number of carbonyl (C=O) groups excluding carboxylic acids is 3. The van der Waals surface area contributed by atoms with E-state index in [1.54, 1.807) is 29.2 Å². The second kappa shape index (κ2) is 5.59. The molecule has 0 bridgehead atoms. The number of nitrogens with one attached hydrogen (secondary N) is 2. The number of nitrogen functional groups attached to an aromatic ring is 1. The normalized spacial score (nSPS) is 16.1. The molecule has 1 aliphatic heterocycles. The van der Waals surface area contributed by atoms with Crippen LogP contribution in [0.15, 0.2) is 24.3 Å². The Morgan fingerprint density at radius 3 is 2.53 bits per heavy atom. The van der Waals surface area contributed by atoms with Gasteiger partial charge >= 0.3 is 0 Å². The maximum absolute atomic E-state index is 11.6. The summed E-state index contributed by atoms with van der Waals surface area (Å²) in [5, 5.41) is 2.22. The number of nitrogens with zero attached hydrogens (tertiary/aromatic N) is 1. The third kappa shape index (κ3) is 3.15. The lowest BCUT2D eigenvalue weighted by atomic mass is 10.1. The van der Waals surface area contributed by atoms with Crippen LogP contribution in [0.3, 0.4) is 0 Å². The Balaban J connectivity index is 2.17. The molecule has 1 aromatic rings. The lowest BCUT2D eigenvalue weighted by Crippen LogP contribution is -2.51. The Morgan fingerprint density at radius 2 is 1.89 bits per heavy atom. The van der Waals surface area contributed by atoms with Crippen LogP contribution in [0.4, 0.5) is 0 Å². The summed E-state index contributed by atoms with van der Waals surface area (Å²) in [6, 6.07) is 6.92. The van der Waals surface area contributed by atoms with Crippen molar-refractivity contribution >= 4 is 17.7 Å². The molecule has 0 saturated carbocycles. The number of piperazine rings is 1. The first-order chi connectivity index (χ1) is 9.10. The fourth-order valence-corrected chi connectivity index (χ4v) is 2.01. The van der Waals surface area contributed by atoms with E-state index in [4.69, 9.17) is 5.84 Å². The zero-order valence-electron chi connectivity index (χ0n) is 10.2. The van der Waals surface area contributed by atoms with Gasteiger partial charge in [-0.25, -0.2) is 5.84 Å². The van der Waals surface area contributed by atoms with E-state index >= 15 is 0 Å². The van der Waals surface area contributed by atoms with Crippen molar-refractivity contribution in [3.63, 3.8) is 0 Å². The largest absolute Gasteiger partial charge is 0.294 e. The van der Waals surface area contributed by atoms with Gasteiger partial charge < -0.3 is 0 Å². The SMILES string of the molecule is NNC(=O)c1ccccc1CN1CC(=O)NC(=O)C1. The monoisotopic (exact) mass is 262 g/mol. The van der Waals surface area contributed by atoms with Crippen LogP contribution in [0.1, 0.15) is 15.9 Å². The number of hydrogen-bond acceptors (Lipinski definition) is 5. The van der Waals surface area contributed by atoms with E-state index in [0.29, 0.717) is 17.7 Å². The topological polar surface area (TPSA) is 105 Å². The van der Waals surface area contributed by atoms with Crippen LogP contribution in [0.2, 0.25) is 0 Å². The smallest absolute Gasteiger partial charge is 0.265 e. The van der Waals surface area contributed by atoms with Gasteiger partial charge in [0.05, 0.1) is 13.1 Å². The van der Waals surface area contributed by atoms with Gasteiger partial charge in [-0.15, -0.1) is 0 Å². The van der Waals surface area contributed by atoms with Gasteiger partial charge in [-0.05, 0) is 11.6 Å². The zero-order chi connectivity index (χ0) is 13.8. The highest BCUT2D eigenvalue weighted by atomic mass is 16.2. The Bertz CT molecular complexity index is 513. The Morgan fingerprint density at radius 1 is 1.26 bits per heavy atom. The first-order valence-corrected chi connectivity index (χ1v) is 5.74. The number of nitrogens with two attached hydrogens (primary N) is 1. The quantitative estimate of drug-likeness (QED) is 0.273. The predicted octanol–water partition coefficient (Wildman–Crippen LogP) is -1.25. The summed E-state index contributed by atoms with van der Waals surface area (Å²) in [6.45, 7) is 0.595. The van der Waals surface area contributed by atoms with Gasteiger partial charge in [0.25, 0.3) is 5.91 Å². The second-order valence-corrected chi connectivity index (χ2v) is 4.25. The molecule has 0 spiro atoms. The molecule has 7 heteroatoms. The Hall–Kier alpha value is -2.25. The molecule has 7 nitrogen and oxygen atoms in total. The van der Waals surface area contributed by atoms with E-state index < -0.39 is 5.91 Å². The molecule has 0 unspecified atom stereocenters. The average Bonchev–Trinajstić information content (AvgIpc) is 2.37. The number of hydrazine groups is 1. The molecule has 1 aliphatic rings. The fourth-order valence-electron chi connectivity index (χ4n) is 2.01. The third-order valence-electron chi connectivity index (χ3n) is 2.80. The maximum Gasteiger partial charge on any atom is 0.265 e. The van der Waals surface area contributed by atoms with Crippen LogP contribution in [-0.4, -0.2) is 35.7 Å². The molecule has 0 radical (unpaired) electrons. The van der Waals surface area contributed by atoms with Crippen LogP contribution in [0.25, 0.3) is 0 Å². The summed E-state index contributed by atoms with van der Waals surface area (Å²) in [7, 11) is 0. The number of amides is 3. The van der Waals surface area contributed by atoms with E-state index in [9.17, 15) is 14.4 Å². The molecule has 0 atom stereocenters. The van der Waals surface area contributed by atoms with E-state index in [1.165, 1.54) is 0 Å². The summed E-state index contributed by atoms with van der Waals surface area (Å²) in [6.07, 6.45) is 0. The first kappa shape index (κ1) is 13.2. The lowest BCUT2D eigenvalue weighted by Gasteiger charge is -2.25. The number of benzene rings is 1. The molecule has 1 saturated heterocycles. The molecule has 3 amide bonds. The van der Waals surface area contributed by atoms with Crippen LogP contribution in [-0.2, 0) is 16.1 Å². The minimum atomic E-state index is -0.400. The summed E-state index contributed by atoms with van der Waals surface area (Å²) in [5.74, 6) is 4.05. The number of imide groups is 1. The van der Waals surface area contributed by atoms with E-state index in [2.05, 4.69) is 10.7 Å². The van der Waals surface area contributed by atoms with E-state index in [0.717, 1.165) is 0 Å². The molecule has 4 N–H and O–H groups in total. The van der Waals surface area contributed by atoms with Crippen molar-refractivity contribution in [2.45, 2.75) is 6.54 Å². The van der Waals surface area contributed by atoms with Crippen molar-refractivity contribution in [2.24, 2.45) is 5.84 Å². The Labute approximate surface area is 109 Å². The lowest BCUT2D eigenvalue weighted by molar-refractivity contribution is -0.136. The number of carbonyl (C=O) groups is 3. The van der Waals surface area contributed by atoms with E-state index in [-0.39, 0.29) is 24.9 Å². The summed E-state index contributed by atoms with van der Waals surface area (Å²) < 4.78 is 0. The molecule has 2 rings (SSSR count). The number of hydrogen-bond donors (Lipinski definition) is 3. The van der Waals surface area contributed by atoms with Gasteiger partial charge in [0.1, 0.15) is 0 Å². The predicted molar refractivity (Wildman–Crippen MR) is 66.5 cm³/mol. The molecular weight excluding hydrogens is 248 g/mol. The van der Waals surface area contributed by atoms with E-state index in [1.807, 2.05) is 0 Å². The van der Waals surface area contributed by atoms with Gasteiger partial charge in [-0.1, -0.05) is 18.2 Å². The molecule has 1 heterocycles. The maximum atomic E-state index is 11.6. The molecule has 19 heavy (non-hydrogen) atoms. The zero-order valence-corrected chi connectivity index (χ0v) is 10.2. The summed E-state index contributed by atoms with van der Waals surface area (Å²) in [4.78, 5) is 35.8. The molecule has 1 fully saturated rings. The van der Waals surface area contributed by atoms with Crippen molar-refractivity contribution in [1.29, 1.82) is 0 Å². The molecule has 0 aromatic heterocycles. The van der Waals surface area contributed by atoms with Gasteiger partial charge in [-0.3, -0.25) is 30.0 Å². The Kier molecular flexibility index (Phi) is 3.88. The standard InChI is InChI=1S/C12H14N4O3/c13-15-12(19)9-4-2-1-3-8(9)5-16-6-10(17)14-11(18)7-16/h1-4H,5-7,13H2,(H,15,19)(H,14,17,18). The summed E-state index contributed by atoms with van der Waals surface area (Å²) >= 11 is 0. The van der Waals surface area contributed by atoms with Crippen LogP contribution >= 0.6 is 0 Å². The van der Waals surface area contributed by atoms with Crippen LogP contribution < -0.4 is 16.6 Å². The van der Waals surface area contributed by atoms with Crippen molar-refractivity contribution in [3.05, 3.63) is 35.4 Å². The average molecular weight is 262 g/mol. The van der Waals surface area contributed by atoms with Crippen LogP contribution in [0.5, 0.6) is 0 Å². The molecule has 100 valence electrons. The second-order valence-electron chi connectivity index (χ2n) is 4.25. The minimum Gasteiger partial charge on any atom is -0.294 e. The van der Waals surface area contributed by atoms with Crippen molar-refractivity contribution < 1.29 is 14.4 Å². The van der Waals surface area contributed by atoms with Gasteiger partial charge in [-0.2, -0.15) is 0 Å². The molecular formula is C12H14N4O3. The first-order valence-electron chi connectivity index (χ1n) is 5.74. The molecule has 0 aliphatic carbocycles. The highest BCUT2D eigenvalue weighted by Gasteiger charge is 2.23. The minimum absolute atomic E-state index is 0.129. The van der Waals surface area contributed by atoms with Gasteiger partial charge in [0.2, 0.25) is 11.8 Å². The molecule has 1 aromatic carbocycles. The van der Waals surface area contributed by atoms with Gasteiger partial charge in [0, 0.05) is 12.1 Å². The third-order valence-corrected chi connectivity index (χ3v) is 2.80. The van der Waals surface area contributed by atoms with Crippen molar-refractivity contribution in [1.82, 2.24) is 15.6 Å². The fraction of sp³-hybridized carbons (Fsp3) is 0.250. The highest BCUT2D eigenvalue weighted by Crippen LogP contribution is 2.12. The van der Waals surface area contributed by atoms with Crippen LogP contribution in [0, 0.1) is 0 Å². The van der Waals surface area contributed by atoms with Crippen molar-refractivity contribution in [3.8, 4) is 0 Å². The van der Waals surface area contributed by atoms with Gasteiger partial charge in [0.15, 0.2) is 0 Å². The highest BCUT2D eigenvalue weighted by molar-refractivity contribution is 5.99.